The van der Waals surface area contributed by atoms with Gasteiger partial charge in [-0.15, -0.1) is 6.58 Å². The molecule has 1 aromatic carbocycles. The highest BCUT2D eigenvalue weighted by Crippen LogP contribution is 2.37. The summed E-state index contributed by atoms with van der Waals surface area (Å²) in [5.41, 5.74) is 2.87. The molecule has 1 aromatic rings. The molecule has 4 nitrogen and oxygen atoms in total. The number of aryl methyl sites for hydroxylation is 2. The van der Waals surface area contributed by atoms with Gasteiger partial charge in [-0.3, -0.25) is 9.59 Å². The maximum Gasteiger partial charge on any atom is 0.253 e. The van der Waals surface area contributed by atoms with Crippen molar-refractivity contribution in [3.63, 3.8) is 0 Å². The molecule has 0 aromatic heterocycles. The van der Waals surface area contributed by atoms with Crippen molar-refractivity contribution in [2.24, 2.45) is 0 Å². The predicted octanol–water partition coefficient (Wildman–Crippen LogP) is 3.48. The van der Waals surface area contributed by atoms with Gasteiger partial charge in [0.25, 0.3) is 5.91 Å². The highest BCUT2D eigenvalue weighted by molar-refractivity contribution is 5.94. The number of benzene rings is 1. The zero-order chi connectivity index (χ0) is 18.0. The van der Waals surface area contributed by atoms with Crippen LogP contribution in [-0.4, -0.2) is 46.8 Å². The summed E-state index contributed by atoms with van der Waals surface area (Å²) in [6, 6.07) is 5.91. The van der Waals surface area contributed by atoms with Crippen LogP contribution in [0.4, 0.5) is 0 Å². The van der Waals surface area contributed by atoms with Gasteiger partial charge in [-0.2, -0.15) is 0 Å². The number of hydrogen-bond donors (Lipinski definition) is 0. The Morgan fingerprint density at radius 2 is 2.00 bits per heavy atom. The molecular weight excluding hydrogens is 312 g/mol. The summed E-state index contributed by atoms with van der Waals surface area (Å²) < 4.78 is 0. The molecule has 0 aliphatic carbocycles. The molecule has 2 aliphatic rings. The molecule has 2 saturated heterocycles. The molecule has 0 saturated carbocycles. The fourth-order valence-electron chi connectivity index (χ4n) is 4.29. The second-order valence-electron chi connectivity index (χ2n) is 7.50. The topological polar surface area (TPSA) is 40.6 Å². The molecule has 0 N–H and O–H groups in total. The average Bonchev–Trinajstić information content (AvgIpc) is 2.60. The van der Waals surface area contributed by atoms with Gasteiger partial charge in [0, 0.05) is 31.6 Å². The molecule has 4 heteroatoms. The van der Waals surface area contributed by atoms with E-state index in [0.717, 1.165) is 43.4 Å². The molecule has 1 atom stereocenters. The molecule has 134 valence electrons. The zero-order valence-electron chi connectivity index (χ0n) is 15.4. The Balaban J connectivity index is 1.84. The average molecular weight is 340 g/mol. The first-order valence-corrected chi connectivity index (χ1v) is 9.25. The minimum Gasteiger partial charge on any atom is -0.336 e. The van der Waals surface area contributed by atoms with E-state index < -0.39 is 0 Å². The van der Waals surface area contributed by atoms with Crippen LogP contribution in [-0.2, 0) is 4.79 Å². The standard InChI is InChI=1S/C21H28N2O2/c1-4-12-23-19(24)7-5-10-21(23)11-6-13-22(15-21)20(25)18-9-8-16(2)17(3)14-18/h4,8-9,14H,1,5-7,10-13,15H2,2-3H3/t21-/m0/s1. The highest BCUT2D eigenvalue weighted by atomic mass is 16.2. The van der Waals surface area contributed by atoms with E-state index in [1.807, 2.05) is 34.9 Å². The van der Waals surface area contributed by atoms with E-state index in [2.05, 4.69) is 13.5 Å². The highest BCUT2D eigenvalue weighted by Gasteiger charge is 2.45. The predicted molar refractivity (Wildman–Crippen MR) is 99.5 cm³/mol. The number of nitrogens with zero attached hydrogens (tertiary/aromatic N) is 2. The summed E-state index contributed by atoms with van der Waals surface area (Å²) in [4.78, 5) is 29.4. The van der Waals surface area contributed by atoms with Gasteiger partial charge in [0.1, 0.15) is 0 Å². The van der Waals surface area contributed by atoms with Crippen molar-refractivity contribution < 1.29 is 9.59 Å². The lowest BCUT2D eigenvalue weighted by Gasteiger charge is -2.52. The number of likely N-dealkylation sites (tertiary alicyclic amines) is 2. The van der Waals surface area contributed by atoms with Gasteiger partial charge in [-0.05, 0) is 62.8 Å². The van der Waals surface area contributed by atoms with E-state index in [9.17, 15) is 9.59 Å². The van der Waals surface area contributed by atoms with E-state index in [-0.39, 0.29) is 17.4 Å². The quantitative estimate of drug-likeness (QED) is 0.791. The molecule has 0 bridgehead atoms. The van der Waals surface area contributed by atoms with E-state index in [0.29, 0.717) is 19.5 Å². The molecule has 0 radical (unpaired) electrons. The second-order valence-corrected chi connectivity index (χ2v) is 7.50. The Labute approximate surface area is 150 Å². The largest absolute Gasteiger partial charge is 0.336 e. The lowest BCUT2D eigenvalue weighted by molar-refractivity contribution is -0.143. The summed E-state index contributed by atoms with van der Waals surface area (Å²) in [7, 11) is 0. The van der Waals surface area contributed by atoms with Gasteiger partial charge in [0.2, 0.25) is 5.91 Å². The molecule has 1 spiro atoms. The molecule has 3 rings (SSSR count). The summed E-state index contributed by atoms with van der Waals surface area (Å²) in [5, 5.41) is 0. The van der Waals surface area contributed by atoms with Crippen molar-refractivity contribution in [1.29, 1.82) is 0 Å². The lowest BCUT2D eigenvalue weighted by Crippen LogP contribution is -2.63. The maximum atomic E-state index is 13.0. The van der Waals surface area contributed by atoms with Crippen molar-refractivity contribution in [2.75, 3.05) is 19.6 Å². The van der Waals surface area contributed by atoms with Crippen molar-refractivity contribution >= 4 is 11.8 Å². The van der Waals surface area contributed by atoms with Crippen molar-refractivity contribution in [1.82, 2.24) is 9.80 Å². The van der Waals surface area contributed by atoms with E-state index in [1.165, 1.54) is 5.56 Å². The molecular formula is C21H28N2O2. The van der Waals surface area contributed by atoms with Crippen LogP contribution in [0.3, 0.4) is 0 Å². The van der Waals surface area contributed by atoms with Crippen LogP contribution in [0.5, 0.6) is 0 Å². The number of piperidine rings is 2. The normalized spacial score (nSPS) is 23.8. The van der Waals surface area contributed by atoms with E-state index >= 15 is 0 Å². The number of rotatable bonds is 3. The van der Waals surface area contributed by atoms with Crippen LogP contribution in [0.2, 0.25) is 0 Å². The van der Waals surface area contributed by atoms with Crippen LogP contribution in [0.25, 0.3) is 0 Å². The fourth-order valence-corrected chi connectivity index (χ4v) is 4.29. The third-order valence-corrected chi connectivity index (χ3v) is 5.81. The first-order valence-electron chi connectivity index (χ1n) is 9.25. The third-order valence-electron chi connectivity index (χ3n) is 5.81. The SMILES string of the molecule is C=CCN1C(=O)CCC[C@@]12CCCN(C(=O)c1ccc(C)c(C)c1)C2. The van der Waals surface area contributed by atoms with Crippen LogP contribution >= 0.6 is 0 Å². The molecule has 2 heterocycles. The Hall–Kier alpha value is -2.10. The van der Waals surface area contributed by atoms with Gasteiger partial charge in [0.15, 0.2) is 0 Å². The van der Waals surface area contributed by atoms with Gasteiger partial charge in [-0.1, -0.05) is 12.1 Å². The minimum absolute atomic E-state index is 0.0822. The van der Waals surface area contributed by atoms with Crippen LogP contribution in [0.1, 0.15) is 53.6 Å². The van der Waals surface area contributed by atoms with Gasteiger partial charge in [-0.25, -0.2) is 0 Å². The molecule has 2 aliphatic heterocycles. The first-order chi connectivity index (χ1) is 12.0. The smallest absolute Gasteiger partial charge is 0.253 e. The maximum absolute atomic E-state index is 13.0. The van der Waals surface area contributed by atoms with E-state index in [1.54, 1.807) is 6.08 Å². The molecule has 2 amide bonds. The summed E-state index contributed by atoms with van der Waals surface area (Å²) in [6.45, 7) is 9.88. The Kier molecular flexibility index (Phi) is 4.98. The minimum atomic E-state index is -0.211. The monoisotopic (exact) mass is 340 g/mol. The molecule has 0 unspecified atom stereocenters. The number of carbonyl (C=O) groups is 2. The molecule has 25 heavy (non-hydrogen) atoms. The van der Waals surface area contributed by atoms with Crippen LogP contribution < -0.4 is 0 Å². The van der Waals surface area contributed by atoms with Crippen LogP contribution in [0, 0.1) is 13.8 Å². The number of amides is 2. The van der Waals surface area contributed by atoms with Crippen LogP contribution in [0.15, 0.2) is 30.9 Å². The van der Waals surface area contributed by atoms with Crippen molar-refractivity contribution in [3.05, 3.63) is 47.5 Å². The Morgan fingerprint density at radius 3 is 2.72 bits per heavy atom. The summed E-state index contributed by atoms with van der Waals surface area (Å²) in [6.07, 6.45) is 6.22. The zero-order valence-corrected chi connectivity index (χ0v) is 15.4. The summed E-state index contributed by atoms with van der Waals surface area (Å²) >= 11 is 0. The Morgan fingerprint density at radius 1 is 1.24 bits per heavy atom. The lowest BCUT2D eigenvalue weighted by atomic mass is 9.79. The Bertz CT molecular complexity index is 693. The molecule has 2 fully saturated rings. The van der Waals surface area contributed by atoms with Gasteiger partial charge < -0.3 is 9.80 Å². The number of hydrogen-bond acceptors (Lipinski definition) is 2. The number of carbonyl (C=O) groups excluding carboxylic acids is 2. The van der Waals surface area contributed by atoms with Crippen molar-refractivity contribution in [3.8, 4) is 0 Å². The van der Waals surface area contributed by atoms with E-state index in [4.69, 9.17) is 0 Å². The van der Waals surface area contributed by atoms with Gasteiger partial charge >= 0.3 is 0 Å². The fraction of sp³-hybridized carbons (Fsp3) is 0.524. The second kappa shape index (κ2) is 7.03. The summed E-state index contributed by atoms with van der Waals surface area (Å²) in [5.74, 6) is 0.283. The first kappa shape index (κ1) is 17.7. The van der Waals surface area contributed by atoms with Crippen molar-refractivity contribution in [2.45, 2.75) is 51.5 Å². The third kappa shape index (κ3) is 3.35. The van der Waals surface area contributed by atoms with Gasteiger partial charge in [0.05, 0.1) is 5.54 Å².